The zero-order chi connectivity index (χ0) is 11.4. The van der Waals surface area contributed by atoms with Gasteiger partial charge >= 0.3 is 0 Å². The van der Waals surface area contributed by atoms with E-state index in [2.05, 4.69) is 10.6 Å². The Bertz CT molecular complexity index is 260. The Hall–Kier alpha value is -0.810. The van der Waals surface area contributed by atoms with Gasteiger partial charge in [0.05, 0.1) is 5.92 Å². The molecule has 0 aromatic heterocycles. The van der Waals surface area contributed by atoms with E-state index in [1.165, 1.54) is 0 Å². The highest BCUT2D eigenvalue weighted by atomic mass is 35.5. The summed E-state index contributed by atoms with van der Waals surface area (Å²) in [5.41, 5.74) is 5.08. The summed E-state index contributed by atoms with van der Waals surface area (Å²) in [5.74, 6) is -0.600. The average molecular weight is 250 g/mol. The van der Waals surface area contributed by atoms with Crippen LogP contribution in [0.1, 0.15) is 26.7 Å². The Kier molecular flexibility index (Phi) is 6.36. The largest absolute Gasteiger partial charge is 0.368 e. The van der Waals surface area contributed by atoms with Crippen molar-refractivity contribution in [3.8, 4) is 0 Å². The summed E-state index contributed by atoms with van der Waals surface area (Å²) in [4.78, 5) is 22.6. The molecule has 5 nitrogen and oxygen atoms in total. The van der Waals surface area contributed by atoms with Gasteiger partial charge in [-0.05, 0) is 26.3 Å². The molecule has 16 heavy (non-hydrogen) atoms. The Morgan fingerprint density at radius 3 is 2.69 bits per heavy atom. The van der Waals surface area contributed by atoms with E-state index in [0.29, 0.717) is 0 Å². The van der Waals surface area contributed by atoms with E-state index in [-0.39, 0.29) is 30.3 Å². The van der Waals surface area contributed by atoms with Crippen LogP contribution >= 0.6 is 12.4 Å². The second kappa shape index (κ2) is 6.70. The van der Waals surface area contributed by atoms with Gasteiger partial charge in [-0.2, -0.15) is 0 Å². The van der Waals surface area contributed by atoms with E-state index in [4.69, 9.17) is 5.73 Å². The molecule has 0 spiro atoms. The lowest BCUT2D eigenvalue weighted by Crippen LogP contribution is -2.46. The first-order valence-electron chi connectivity index (χ1n) is 5.39. The Morgan fingerprint density at radius 2 is 2.19 bits per heavy atom. The number of carbonyl (C=O) groups is 2. The van der Waals surface area contributed by atoms with Crippen molar-refractivity contribution < 1.29 is 9.59 Å². The summed E-state index contributed by atoms with van der Waals surface area (Å²) in [6.45, 7) is 4.51. The first-order chi connectivity index (χ1) is 7.06. The van der Waals surface area contributed by atoms with Gasteiger partial charge in [0.1, 0.15) is 6.04 Å². The van der Waals surface area contributed by atoms with Crippen LogP contribution in [0.25, 0.3) is 0 Å². The molecule has 2 amide bonds. The van der Waals surface area contributed by atoms with Gasteiger partial charge < -0.3 is 16.4 Å². The summed E-state index contributed by atoms with van der Waals surface area (Å²) in [7, 11) is 0. The fourth-order valence-corrected chi connectivity index (χ4v) is 1.90. The van der Waals surface area contributed by atoms with Gasteiger partial charge in [0.25, 0.3) is 0 Å². The molecule has 0 radical (unpaired) electrons. The van der Waals surface area contributed by atoms with E-state index in [0.717, 1.165) is 19.4 Å². The normalized spacial score (nSPS) is 25.6. The zero-order valence-corrected chi connectivity index (χ0v) is 10.5. The number of carbonyl (C=O) groups excluding carboxylic acids is 2. The van der Waals surface area contributed by atoms with Crippen molar-refractivity contribution in [3.05, 3.63) is 0 Å². The fourth-order valence-electron chi connectivity index (χ4n) is 1.90. The van der Waals surface area contributed by atoms with Crippen molar-refractivity contribution in [3.63, 3.8) is 0 Å². The van der Waals surface area contributed by atoms with E-state index in [1.807, 2.05) is 6.92 Å². The number of amides is 2. The van der Waals surface area contributed by atoms with Crippen molar-refractivity contribution in [2.24, 2.45) is 11.7 Å². The van der Waals surface area contributed by atoms with Gasteiger partial charge in [-0.1, -0.05) is 6.92 Å². The van der Waals surface area contributed by atoms with Crippen LogP contribution in [0.15, 0.2) is 0 Å². The molecule has 94 valence electrons. The van der Waals surface area contributed by atoms with E-state index in [9.17, 15) is 9.59 Å². The first kappa shape index (κ1) is 15.2. The summed E-state index contributed by atoms with van der Waals surface area (Å²) in [5, 5.41) is 5.89. The molecule has 1 fully saturated rings. The molecule has 0 bridgehead atoms. The summed E-state index contributed by atoms with van der Waals surface area (Å²) < 4.78 is 0. The molecule has 0 saturated carbocycles. The van der Waals surface area contributed by atoms with Crippen LogP contribution in [0, 0.1) is 5.92 Å². The summed E-state index contributed by atoms with van der Waals surface area (Å²) >= 11 is 0. The highest BCUT2D eigenvalue weighted by Gasteiger charge is 2.32. The summed E-state index contributed by atoms with van der Waals surface area (Å²) in [6, 6.07) is -0.360. The van der Waals surface area contributed by atoms with Gasteiger partial charge in [-0.3, -0.25) is 9.59 Å². The lowest BCUT2D eigenvalue weighted by atomic mass is 9.97. The molecule has 0 aromatic carbocycles. The van der Waals surface area contributed by atoms with Crippen molar-refractivity contribution in [2.45, 2.75) is 38.8 Å². The molecule has 1 heterocycles. The Labute approximate surface area is 102 Å². The number of halogens is 1. The average Bonchev–Trinajstić information content (AvgIpc) is 2.64. The molecular formula is C10H20ClN3O2. The Morgan fingerprint density at radius 1 is 1.56 bits per heavy atom. The zero-order valence-electron chi connectivity index (χ0n) is 9.66. The molecule has 4 N–H and O–H groups in total. The first-order valence-corrected chi connectivity index (χ1v) is 5.39. The number of nitrogens with one attached hydrogen (secondary N) is 2. The number of hydrogen-bond acceptors (Lipinski definition) is 3. The van der Waals surface area contributed by atoms with Gasteiger partial charge in [0.2, 0.25) is 11.8 Å². The SMILES string of the molecule is CCC1NCCC1C(=O)N[C@@H](C)C(N)=O.Cl. The summed E-state index contributed by atoms with van der Waals surface area (Å²) in [6.07, 6.45) is 1.75. The van der Waals surface area contributed by atoms with Crippen LogP contribution < -0.4 is 16.4 Å². The number of rotatable bonds is 4. The second-order valence-electron chi connectivity index (χ2n) is 4.00. The van der Waals surface area contributed by atoms with Crippen LogP contribution in [-0.4, -0.2) is 30.4 Å². The fraction of sp³-hybridized carbons (Fsp3) is 0.800. The van der Waals surface area contributed by atoms with Gasteiger partial charge in [-0.25, -0.2) is 0 Å². The quantitative estimate of drug-likeness (QED) is 0.645. The lowest BCUT2D eigenvalue weighted by Gasteiger charge is -2.19. The Balaban J connectivity index is 0.00000225. The molecule has 0 aromatic rings. The maximum absolute atomic E-state index is 11.8. The highest BCUT2D eigenvalue weighted by molar-refractivity contribution is 5.87. The van der Waals surface area contributed by atoms with Crippen molar-refractivity contribution in [1.82, 2.24) is 10.6 Å². The molecule has 1 aliphatic heterocycles. The predicted octanol–water partition coefficient (Wildman–Crippen LogP) is -0.214. The molecule has 0 aliphatic carbocycles. The molecule has 2 unspecified atom stereocenters. The third kappa shape index (κ3) is 3.64. The number of nitrogens with two attached hydrogens (primary N) is 1. The van der Waals surface area contributed by atoms with Gasteiger partial charge in [0.15, 0.2) is 0 Å². The minimum atomic E-state index is -0.587. The third-order valence-electron chi connectivity index (χ3n) is 2.91. The lowest BCUT2D eigenvalue weighted by molar-refractivity contribution is -0.129. The monoisotopic (exact) mass is 249 g/mol. The number of primary amides is 1. The predicted molar refractivity (Wildman–Crippen MR) is 64.2 cm³/mol. The second-order valence-corrected chi connectivity index (χ2v) is 4.00. The van der Waals surface area contributed by atoms with Gasteiger partial charge in [-0.15, -0.1) is 12.4 Å². The molecule has 3 atom stereocenters. The molecule has 1 rings (SSSR count). The van der Waals surface area contributed by atoms with Gasteiger partial charge in [0, 0.05) is 6.04 Å². The smallest absolute Gasteiger partial charge is 0.239 e. The van der Waals surface area contributed by atoms with E-state index in [1.54, 1.807) is 6.92 Å². The minimum Gasteiger partial charge on any atom is -0.368 e. The molecule has 1 aliphatic rings. The van der Waals surface area contributed by atoms with Crippen LogP contribution in [0.4, 0.5) is 0 Å². The van der Waals surface area contributed by atoms with Crippen molar-refractivity contribution in [1.29, 1.82) is 0 Å². The van der Waals surface area contributed by atoms with E-state index >= 15 is 0 Å². The van der Waals surface area contributed by atoms with Crippen molar-refractivity contribution >= 4 is 24.2 Å². The molecule has 1 saturated heterocycles. The molecular weight excluding hydrogens is 230 g/mol. The van der Waals surface area contributed by atoms with Crippen LogP contribution in [-0.2, 0) is 9.59 Å². The highest BCUT2D eigenvalue weighted by Crippen LogP contribution is 2.18. The number of hydrogen-bond donors (Lipinski definition) is 3. The van der Waals surface area contributed by atoms with Crippen LogP contribution in [0.2, 0.25) is 0 Å². The van der Waals surface area contributed by atoms with Crippen LogP contribution in [0.5, 0.6) is 0 Å². The maximum Gasteiger partial charge on any atom is 0.239 e. The van der Waals surface area contributed by atoms with Crippen molar-refractivity contribution in [2.75, 3.05) is 6.54 Å². The molecule has 6 heteroatoms. The maximum atomic E-state index is 11.8. The topological polar surface area (TPSA) is 84.2 Å². The standard InChI is InChI=1S/C10H19N3O2.ClH/c1-3-8-7(4-5-12-8)10(15)13-6(2)9(11)14;/h6-8,12H,3-5H2,1-2H3,(H2,11,14)(H,13,15);1H/t6-,7?,8?;/m0./s1. The minimum absolute atomic E-state index is 0. The van der Waals surface area contributed by atoms with Crippen LogP contribution in [0.3, 0.4) is 0 Å². The third-order valence-corrected chi connectivity index (χ3v) is 2.91. The van der Waals surface area contributed by atoms with E-state index < -0.39 is 11.9 Å².